The monoisotopic (exact) mass is 422 g/mol. The predicted molar refractivity (Wildman–Crippen MR) is 116 cm³/mol. The van der Waals surface area contributed by atoms with Crippen LogP contribution in [0, 0.1) is 6.92 Å². The van der Waals surface area contributed by atoms with Crippen molar-refractivity contribution >= 4 is 0 Å². The summed E-state index contributed by atoms with van der Waals surface area (Å²) in [5.74, 6) is 0. The van der Waals surface area contributed by atoms with E-state index in [4.69, 9.17) is 14.2 Å². The highest BCUT2D eigenvalue weighted by molar-refractivity contribution is 5.14. The van der Waals surface area contributed by atoms with E-state index in [-0.39, 0.29) is 18.8 Å². The maximum absolute atomic E-state index is 12.3. The van der Waals surface area contributed by atoms with E-state index in [1.54, 1.807) is 6.92 Å². The van der Waals surface area contributed by atoms with Crippen molar-refractivity contribution < 1.29 is 14.2 Å². The number of nitrogens with one attached hydrogen (secondary N) is 1. The maximum Gasteiger partial charge on any atom is 0.330 e. The molecule has 7 nitrogen and oxygen atoms in total. The van der Waals surface area contributed by atoms with Gasteiger partial charge < -0.3 is 14.2 Å². The Bertz CT molecular complexity index is 1090. The van der Waals surface area contributed by atoms with Gasteiger partial charge in [0.25, 0.3) is 5.56 Å². The molecular formula is C24H26N2O5. The lowest BCUT2D eigenvalue weighted by Gasteiger charge is -2.36. The predicted octanol–water partition coefficient (Wildman–Crippen LogP) is 2.93. The number of aromatic amines is 1. The molecule has 2 aromatic carbocycles. The van der Waals surface area contributed by atoms with Crippen LogP contribution in [0.15, 0.2) is 76.4 Å². The standard InChI is InChI=1S/C24H26N2O5/c1-17-13-26(24(28)25-23(17)27)22-12-20(29-14-18-8-4-2-5-9-18)21(16-31-22)30-15-19-10-6-3-7-11-19/h2-11,13,20-22H,12,14-16H2,1H3,(H,25,27,28). The van der Waals surface area contributed by atoms with Crippen LogP contribution in [0.25, 0.3) is 0 Å². The normalized spacial score (nSPS) is 21.1. The first-order chi connectivity index (χ1) is 15.1. The summed E-state index contributed by atoms with van der Waals surface area (Å²) in [6.45, 7) is 2.82. The molecule has 0 aliphatic carbocycles. The highest BCUT2D eigenvalue weighted by Crippen LogP contribution is 2.27. The molecule has 31 heavy (non-hydrogen) atoms. The Kier molecular flexibility index (Phi) is 6.76. The summed E-state index contributed by atoms with van der Waals surface area (Å²) in [5.41, 5.74) is 1.69. The molecular weight excluding hydrogens is 396 g/mol. The number of H-pyrrole nitrogens is 1. The molecule has 1 aromatic heterocycles. The van der Waals surface area contributed by atoms with Gasteiger partial charge in [-0.15, -0.1) is 0 Å². The number of benzene rings is 2. The summed E-state index contributed by atoms with van der Waals surface area (Å²) < 4.78 is 19.7. The fourth-order valence-electron chi connectivity index (χ4n) is 3.61. The topological polar surface area (TPSA) is 82.6 Å². The zero-order valence-electron chi connectivity index (χ0n) is 17.4. The molecule has 2 heterocycles. The third-order valence-electron chi connectivity index (χ3n) is 5.37. The van der Waals surface area contributed by atoms with Gasteiger partial charge in [-0.2, -0.15) is 0 Å². The molecule has 0 radical (unpaired) electrons. The van der Waals surface area contributed by atoms with Crippen LogP contribution in [-0.4, -0.2) is 28.4 Å². The van der Waals surface area contributed by atoms with E-state index in [1.807, 2.05) is 60.7 Å². The highest BCUT2D eigenvalue weighted by Gasteiger charge is 2.34. The van der Waals surface area contributed by atoms with Crippen molar-refractivity contribution in [3.63, 3.8) is 0 Å². The first-order valence-corrected chi connectivity index (χ1v) is 10.3. The van der Waals surface area contributed by atoms with Crippen molar-refractivity contribution in [2.75, 3.05) is 6.61 Å². The van der Waals surface area contributed by atoms with Crippen LogP contribution in [0.4, 0.5) is 0 Å². The second kappa shape index (κ2) is 9.87. The molecule has 3 unspecified atom stereocenters. The minimum Gasteiger partial charge on any atom is -0.371 e. The van der Waals surface area contributed by atoms with Gasteiger partial charge in [-0.1, -0.05) is 60.7 Å². The average molecular weight is 422 g/mol. The molecule has 1 saturated heterocycles. The Balaban J connectivity index is 1.50. The van der Waals surface area contributed by atoms with Gasteiger partial charge in [0, 0.05) is 18.2 Å². The molecule has 0 amide bonds. The number of hydrogen-bond donors (Lipinski definition) is 1. The van der Waals surface area contributed by atoms with E-state index in [1.165, 1.54) is 10.8 Å². The lowest BCUT2D eigenvalue weighted by molar-refractivity contribution is -0.188. The molecule has 0 spiro atoms. The largest absolute Gasteiger partial charge is 0.371 e. The molecule has 162 valence electrons. The fourth-order valence-corrected chi connectivity index (χ4v) is 3.61. The number of nitrogens with zero attached hydrogens (tertiary/aromatic N) is 1. The molecule has 1 fully saturated rings. The van der Waals surface area contributed by atoms with Crippen LogP contribution >= 0.6 is 0 Å². The molecule has 0 saturated carbocycles. The lowest BCUT2D eigenvalue weighted by Crippen LogP contribution is -2.45. The van der Waals surface area contributed by atoms with Gasteiger partial charge in [-0.05, 0) is 18.1 Å². The summed E-state index contributed by atoms with van der Waals surface area (Å²) >= 11 is 0. The van der Waals surface area contributed by atoms with Crippen LogP contribution in [0.3, 0.4) is 0 Å². The van der Waals surface area contributed by atoms with E-state index in [2.05, 4.69) is 4.98 Å². The molecule has 1 aliphatic heterocycles. The van der Waals surface area contributed by atoms with E-state index >= 15 is 0 Å². The van der Waals surface area contributed by atoms with Crippen molar-refractivity contribution in [3.05, 3.63) is 104 Å². The first-order valence-electron chi connectivity index (χ1n) is 10.3. The zero-order valence-corrected chi connectivity index (χ0v) is 17.4. The fraction of sp³-hybridized carbons (Fsp3) is 0.333. The summed E-state index contributed by atoms with van der Waals surface area (Å²) in [7, 11) is 0. The van der Waals surface area contributed by atoms with Crippen LogP contribution in [-0.2, 0) is 27.4 Å². The van der Waals surface area contributed by atoms with Crippen molar-refractivity contribution in [1.29, 1.82) is 0 Å². The maximum atomic E-state index is 12.3. The Morgan fingerprint density at radius 1 is 0.935 bits per heavy atom. The van der Waals surface area contributed by atoms with Crippen molar-refractivity contribution in [3.8, 4) is 0 Å². The SMILES string of the molecule is Cc1cn(C2CC(OCc3ccccc3)C(OCc3ccccc3)CO2)c(=O)[nH]c1=O. The van der Waals surface area contributed by atoms with Gasteiger partial charge in [0.2, 0.25) is 0 Å². The number of ether oxygens (including phenoxy) is 3. The summed E-state index contributed by atoms with van der Waals surface area (Å²) in [5, 5.41) is 0. The summed E-state index contributed by atoms with van der Waals surface area (Å²) in [4.78, 5) is 26.4. The molecule has 0 bridgehead atoms. The van der Waals surface area contributed by atoms with E-state index in [0.29, 0.717) is 25.2 Å². The molecule has 1 N–H and O–H groups in total. The Morgan fingerprint density at radius 3 is 2.13 bits per heavy atom. The Labute approximate surface area is 180 Å². The van der Waals surface area contributed by atoms with E-state index in [9.17, 15) is 9.59 Å². The van der Waals surface area contributed by atoms with Crippen molar-refractivity contribution in [1.82, 2.24) is 9.55 Å². The number of hydrogen-bond acceptors (Lipinski definition) is 5. The quantitative estimate of drug-likeness (QED) is 0.633. The molecule has 7 heteroatoms. The Hall–Kier alpha value is -3.00. The molecule has 3 atom stereocenters. The van der Waals surface area contributed by atoms with Gasteiger partial charge in [0.15, 0.2) is 0 Å². The van der Waals surface area contributed by atoms with Gasteiger partial charge in [-0.3, -0.25) is 14.3 Å². The van der Waals surface area contributed by atoms with Crippen molar-refractivity contribution in [2.24, 2.45) is 0 Å². The van der Waals surface area contributed by atoms with Gasteiger partial charge in [0.1, 0.15) is 12.3 Å². The van der Waals surface area contributed by atoms with E-state index in [0.717, 1.165) is 11.1 Å². The number of aromatic nitrogens is 2. The molecule has 4 rings (SSSR count). The minimum absolute atomic E-state index is 0.276. The van der Waals surface area contributed by atoms with Gasteiger partial charge >= 0.3 is 5.69 Å². The third-order valence-corrected chi connectivity index (χ3v) is 5.37. The number of aryl methyl sites for hydroxylation is 1. The van der Waals surface area contributed by atoms with Crippen LogP contribution < -0.4 is 11.2 Å². The third kappa shape index (κ3) is 5.38. The first kappa shape index (κ1) is 21.2. The average Bonchev–Trinajstić information content (AvgIpc) is 2.80. The highest BCUT2D eigenvalue weighted by atomic mass is 16.6. The zero-order chi connectivity index (χ0) is 21.6. The minimum atomic E-state index is -0.541. The van der Waals surface area contributed by atoms with Crippen LogP contribution in [0.1, 0.15) is 29.3 Å². The van der Waals surface area contributed by atoms with E-state index < -0.39 is 17.5 Å². The summed E-state index contributed by atoms with van der Waals surface area (Å²) in [6, 6.07) is 19.8. The second-order valence-corrected chi connectivity index (χ2v) is 7.67. The van der Waals surface area contributed by atoms with Gasteiger partial charge in [-0.25, -0.2) is 4.79 Å². The Morgan fingerprint density at radius 2 is 1.52 bits per heavy atom. The van der Waals surface area contributed by atoms with Gasteiger partial charge in [0.05, 0.1) is 25.9 Å². The smallest absolute Gasteiger partial charge is 0.330 e. The number of rotatable bonds is 7. The van der Waals surface area contributed by atoms with Crippen LogP contribution in [0.5, 0.6) is 0 Å². The van der Waals surface area contributed by atoms with Crippen LogP contribution in [0.2, 0.25) is 0 Å². The lowest BCUT2D eigenvalue weighted by atomic mass is 10.1. The summed E-state index contributed by atoms with van der Waals surface area (Å²) in [6.07, 6.45) is 0.866. The molecule has 3 aromatic rings. The second-order valence-electron chi connectivity index (χ2n) is 7.67. The molecule has 1 aliphatic rings. The van der Waals surface area contributed by atoms with Crippen molar-refractivity contribution in [2.45, 2.75) is 45.0 Å².